The van der Waals surface area contributed by atoms with Crippen molar-refractivity contribution in [3.63, 3.8) is 0 Å². The molecule has 2 heterocycles. The minimum atomic E-state index is -0.765. The van der Waals surface area contributed by atoms with Gasteiger partial charge in [-0.25, -0.2) is 8.78 Å². The Bertz CT molecular complexity index is 682. The fraction of sp³-hybridized carbons (Fsp3) is 0.529. The molecule has 0 spiro atoms. The van der Waals surface area contributed by atoms with Gasteiger partial charge in [-0.05, 0) is 30.5 Å². The normalized spacial score (nSPS) is 26.4. The number of benzene rings is 1. The van der Waals surface area contributed by atoms with E-state index in [0.717, 1.165) is 18.2 Å². The number of fused-ring (bicyclic) bond motifs is 1. The van der Waals surface area contributed by atoms with Crippen molar-refractivity contribution >= 4 is 11.8 Å². The van der Waals surface area contributed by atoms with Crippen LogP contribution < -0.4 is 0 Å². The van der Waals surface area contributed by atoms with E-state index in [1.807, 2.05) is 0 Å². The van der Waals surface area contributed by atoms with Crippen LogP contribution in [0, 0.1) is 23.0 Å². The van der Waals surface area contributed by atoms with Crippen molar-refractivity contribution in [1.82, 2.24) is 9.80 Å². The first kappa shape index (κ1) is 16.8. The summed E-state index contributed by atoms with van der Waals surface area (Å²) < 4.78 is 27.2. The van der Waals surface area contributed by atoms with Gasteiger partial charge in [0.1, 0.15) is 11.6 Å². The first-order chi connectivity index (χ1) is 11.4. The summed E-state index contributed by atoms with van der Waals surface area (Å²) in [5.41, 5.74) is -0.897. The van der Waals surface area contributed by atoms with Gasteiger partial charge in [0.05, 0.1) is 12.2 Å². The van der Waals surface area contributed by atoms with Crippen LogP contribution in [0.5, 0.6) is 0 Å². The van der Waals surface area contributed by atoms with Gasteiger partial charge in [0.15, 0.2) is 0 Å². The molecule has 2 atom stereocenters. The fourth-order valence-electron chi connectivity index (χ4n) is 3.85. The summed E-state index contributed by atoms with van der Waals surface area (Å²) in [6.07, 6.45) is 0.618. The average molecular weight is 338 g/mol. The Kier molecular flexibility index (Phi) is 4.29. The molecule has 2 aliphatic heterocycles. The summed E-state index contributed by atoms with van der Waals surface area (Å²) in [4.78, 5) is 27.4. The van der Waals surface area contributed by atoms with Crippen molar-refractivity contribution in [3.8, 4) is 0 Å². The third kappa shape index (κ3) is 2.77. The third-order valence-electron chi connectivity index (χ3n) is 5.27. The van der Waals surface area contributed by atoms with Gasteiger partial charge in [0.25, 0.3) is 5.91 Å². The number of carbonyl (C=O) groups is 2. The van der Waals surface area contributed by atoms with Gasteiger partial charge in [-0.2, -0.15) is 0 Å². The molecule has 0 aliphatic carbocycles. The van der Waals surface area contributed by atoms with E-state index in [-0.39, 0.29) is 30.5 Å². The Labute approximate surface area is 138 Å². The Hall–Kier alpha value is -2.02. The van der Waals surface area contributed by atoms with E-state index in [4.69, 9.17) is 0 Å². The molecule has 0 aromatic heterocycles. The standard InChI is InChI=1S/C17H20F2N2O3/c1-11(23)21-7-12-4-5-20(8-17(12,9-21)10-22)16(24)14-6-13(18)2-3-15(14)19/h2-3,6,12,22H,4-5,7-10H2,1H3/t12-,17+/m1/s1. The predicted octanol–water partition coefficient (Wildman–Crippen LogP) is 1.27. The zero-order valence-corrected chi connectivity index (χ0v) is 13.5. The number of hydrogen-bond acceptors (Lipinski definition) is 3. The van der Waals surface area contributed by atoms with Crippen LogP contribution in [0.3, 0.4) is 0 Å². The van der Waals surface area contributed by atoms with E-state index < -0.39 is 23.0 Å². The highest BCUT2D eigenvalue weighted by atomic mass is 19.1. The molecule has 5 nitrogen and oxygen atoms in total. The van der Waals surface area contributed by atoms with E-state index in [2.05, 4.69) is 0 Å². The van der Waals surface area contributed by atoms with Crippen LogP contribution in [-0.4, -0.2) is 59.5 Å². The first-order valence-corrected chi connectivity index (χ1v) is 7.97. The molecule has 0 unspecified atom stereocenters. The van der Waals surface area contributed by atoms with Crippen LogP contribution in [-0.2, 0) is 4.79 Å². The van der Waals surface area contributed by atoms with Crippen LogP contribution in [0.1, 0.15) is 23.7 Å². The maximum atomic E-state index is 13.9. The van der Waals surface area contributed by atoms with Gasteiger partial charge in [0.2, 0.25) is 5.91 Å². The van der Waals surface area contributed by atoms with E-state index in [0.29, 0.717) is 26.1 Å². The molecule has 1 aromatic rings. The predicted molar refractivity (Wildman–Crippen MR) is 82.1 cm³/mol. The highest BCUT2D eigenvalue weighted by molar-refractivity contribution is 5.94. The molecule has 2 aliphatic rings. The smallest absolute Gasteiger partial charge is 0.256 e. The summed E-state index contributed by atoms with van der Waals surface area (Å²) in [5.74, 6) is -1.98. The number of likely N-dealkylation sites (tertiary alicyclic amines) is 2. The quantitative estimate of drug-likeness (QED) is 0.883. The second-order valence-corrected chi connectivity index (χ2v) is 6.76. The van der Waals surface area contributed by atoms with E-state index in [9.17, 15) is 23.5 Å². The van der Waals surface area contributed by atoms with Gasteiger partial charge in [-0.15, -0.1) is 0 Å². The lowest BCUT2D eigenvalue weighted by atomic mass is 9.74. The van der Waals surface area contributed by atoms with Crippen molar-refractivity contribution in [2.75, 3.05) is 32.8 Å². The Morgan fingerprint density at radius 3 is 2.67 bits per heavy atom. The molecule has 3 rings (SSSR count). The minimum absolute atomic E-state index is 0.0636. The number of halogens is 2. The van der Waals surface area contributed by atoms with Gasteiger partial charge in [-0.3, -0.25) is 9.59 Å². The number of piperidine rings is 1. The Balaban J connectivity index is 1.83. The van der Waals surface area contributed by atoms with Crippen LogP contribution >= 0.6 is 0 Å². The maximum Gasteiger partial charge on any atom is 0.256 e. The third-order valence-corrected chi connectivity index (χ3v) is 5.27. The topological polar surface area (TPSA) is 60.9 Å². The molecule has 0 saturated carbocycles. The second-order valence-electron chi connectivity index (χ2n) is 6.76. The molecule has 2 amide bonds. The molecule has 24 heavy (non-hydrogen) atoms. The van der Waals surface area contributed by atoms with Crippen molar-refractivity contribution in [2.24, 2.45) is 11.3 Å². The lowest BCUT2D eigenvalue weighted by Gasteiger charge is -2.43. The van der Waals surface area contributed by atoms with E-state index in [1.165, 1.54) is 11.8 Å². The number of aliphatic hydroxyl groups is 1. The summed E-state index contributed by atoms with van der Waals surface area (Å²) >= 11 is 0. The molecule has 7 heteroatoms. The van der Waals surface area contributed by atoms with Gasteiger partial charge >= 0.3 is 0 Å². The number of rotatable bonds is 2. The lowest BCUT2D eigenvalue weighted by Crippen LogP contribution is -2.52. The summed E-state index contributed by atoms with van der Waals surface area (Å²) in [6, 6.07) is 2.80. The van der Waals surface area contributed by atoms with Crippen molar-refractivity contribution in [1.29, 1.82) is 0 Å². The largest absolute Gasteiger partial charge is 0.396 e. The molecule has 1 N–H and O–H groups in total. The Morgan fingerprint density at radius 1 is 1.29 bits per heavy atom. The number of amides is 2. The maximum absolute atomic E-state index is 13.9. The van der Waals surface area contributed by atoms with Gasteiger partial charge in [0, 0.05) is 38.5 Å². The molecule has 2 fully saturated rings. The molecular formula is C17H20F2N2O3. The fourth-order valence-corrected chi connectivity index (χ4v) is 3.85. The molecule has 1 aromatic carbocycles. The SMILES string of the molecule is CC(=O)N1C[C@H]2CCN(C(=O)c3cc(F)ccc3F)C[C@@]2(CO)C1. The summed E-state index contributed by atoms with van der Waals surface area (Å²) in [6.45, 7) is 2.88. The summed E-state index contributed by atoms with van der Waals surface area (Å²) in [7, 11) is 0. The molecule has 0 bridgehead atoms. The number of aliphatic hydroxyl groups excluding tert-OH is 1. The zero-order valence-electron chi connectivity index (χ0n) is 13.5. The lowest BCUT2D eigenvalue weighted by molar-refractivity contribution is -0.128. The molecule has 0 radical (unpaired) electrons. The highest BCUT2D eigenvalue weighted by Crippen LogP contribution is 2.42. The van der Waals surface area contributed by atoms with Crippen molar-refractivity contribution in [3.05, 3.63) is 35.4 Å². The summed E-state index contributed by atoms with van der Waals surface area (Å²) in [5, 5.41) is 9.91. The highest BCUT2D eigenvalue weighted by Gasteiger charge is 2.51. The van der Waals surface area contributed by atoms with E-state index >= 15 is 0 Å². The van der Waals surface area contributed by atoms with Crippen molar-refractivity contribution < 1.29 is 23.5 Å². The molecule has 130 valence electrons. The van der Waals surface area contributed by atoms with Crippen LogP contribution in [0.15, 0.2) is 18.2 Å². The first-order valence-electron chi connectivity index (χ1n) is 7.97. The Morgan fingerprint density at radius 2 is 2.00 bits per heavy atom. The van der Waals surface area contributed by atoms with Crippen molar-refractivity contribution in [2.45, 2.75) is 13.3 Å². The second kappa shape index (κ2) is 6.12. The van der Waals surface area contributed by atoms with Crippen LogP contribution in [0.2, 0.25) is 0 Å². The van der Waals surface area contributed by atoms with Gasteiger partial charge < -0.3 is 14.9 Å². The van der Waals surface area contributed by atoms with Crippen LogP contribution in [0.4, 0.5) is 8.78 Å². The van der Waals surface area contributed by atoms with Gasteiger partial charge in [-0.1, -0.05) is 0 Å². The average Bonchev–Trinajstić information content (AvgIpc) is 2.96. The van der Waals surface area contributed by atoms with Crippen LogP contribution in [0.25, 0.3) is 0 Å². The number of nitrogens with zero attached hydrogens (tertiary/aromatic N) is 2. The number of carbonyl (C=O) groups excluding carboxylic acids is 2. The monoisotopic (exact) mass is 338 g/mol. The zero-order chi connectivity index (χ0) is 17.5. The molecule has 2 saturated heterocycles. The minimum Gasteiger partial charge on any atom is -0.396 e. The molecular weight excluding hydrogens is 318 g/mol. The number of hydrogen-bond donors (Lipinski definition) is 1. The van der Waals surface area contributed by atoms with E-state index in [1.54, 1.807) is 4.90 Å².